The summed E-state index contributed by atoms with van der Waals surface area (Å²) >= 11 is 18.0. The quantitative estimate of drug-likeness (QED) is 0.738. The summed E-state index contributed by atoms with van der Waals surface area (Å²) < 4.78 is 0. The van der Waals surface area contributed by atoms with Crippen molar-refractivity contribution < 1.29 is 9.59 Å². The summed E-state index contributed by atoms with van der Waals surface area (Å²) in [4.78, 5) is 25.6. The molecule has 2 aromatic rings. The molecule has 0 fully saturated rings. The number of nitrogens with zero attached hydrogens (tertiary/aromatic N) is 1. The Bertz CT molecular complexity index is 789. The minimum absolute atomic E-state index is 0.121. The van der Waals surface area contributed by atoms with Gasteiger partial charge in [-0.05, 0) is 42.8 Å². The second-order valence-corrected chi connectivity index (χ2v) is 6.79. The first kappa shape index (κ1) is 19.6. The maximum absolute atomic E-state index is 12.2. The van der Waals surface area contributed by atoms with Gasteiger partial charge in [-0.3, -0.25) is 9.59 Å². The van der Waals surface area contributed by atoms with E-state index in [1.807, 2.05) is 6.92 Å². The van der Waals surface area contributed by atoms with Gasteiger partial charge < -0.3 is 10.2 Å². The van der Waals surface area contributed by atoms with Crippen LogP contribution < -0.4 is 10.2 Å². The number of halogens is 3. The van der Waals surface area contributed by atoms with Crippen molar-refractivity contribution in [3.63, 3.8) is 0 Å². The average Bonchev–Trinajstić information content (AvgIpc) is 2.51. The summed E-state index contributed by atoms with van der Waals surface area (Å²) in [5.74, 6) is -0.421. The van der Waals surface area contributed by atoms with Gasteiger partial charge in [0.15, 0.2) is 0 Å². The lowest BCUT2D eigenvalue weighted by molar-refractivity contribution is -0.117. The molecule has 2 aromatic carbocycles. The van der Waals surface area contributed by atoms with Crippen LogP contribution >= 0.6 is 34.8 Å². The van der Waals surface area contributed by atoms with Gasteiger partial charge in [0, 0.05) is 46.3 Å². The first-order chi connectivity index (χ1) is 11.8. The zero-order chi connectivity index (χ0) is 18.6. The highest BCUT2D eigenvalue weighted by Crippen LogP contribution is 2.26. The molecule has 0 aliphatic heterocycles. The van der Waals surface area contributed by atoms with Crippen molar-refractivity contribution in [1.29, 1.82) is 0 Å². The Morgan fingerprint density at radius 1 is 1.08 bits per heavy atom. The Hall–Kier alpha value is -1.75. The predicted molar refractivity (Wildman–Crippen MR) is 104 cm³/mol. The molecule has 0 aliphatic carbocycles. The van der Waals surface area contributed by atoms with Gasteiger partial charge in [0.2, 0.25) is 11.8 Å². The Kier molecular flexibility index (Phi) is 6.71. The van der Waals surface area contributed by atoms with Crippen LogP contribution in [0.2, 0.25) is 15.1 Å². The number of hydrogen-bond acceptors (Lipinski definition) is 2. The van der Waals surface area contributed by atoms with Gasteiger partial charge in [-0.2, -0.15) is 0 Å². The Balaban J connectivity index is 2.07. The third-order valence-electron chi connectivity index (χ3n) is 3.64. The second kappa shape index (κ2) is 8.56. The van der Waals surface area contributed by atoms with Crippen LogP contribution in [0.4, 0.5) is 11.4 Å². The van der Waals surface area contributed by atoms with E-state index in [2.05, 4.69) is 5.32 Å². The zero-order valence-corrected chi connectivity index (χ0v) is 16.0. The Morgan fingerprint density at radius 2 is 1.72 bits per heavy atom. The van der Waals surface area contributed by atoms with Gasteiger partial charge in [-0.15, -0.1) is 0 Å². The maximum Gasteiger partial charge on any atom is 0.226 e. The Morgan fingerprint density at radius 3 is 2.32 bits per heavy atom. The molecular formula is C18H17Cl3N2O2. The third kappa shape index (κ3) is 5.36. The molecule has 0 atom stereocenters. The van der Waals surface area contributed by atoms with Gasteiger partial charge in [0.25, 0.3) is 0 Å². The standard InChI is InChI=1S/C18H17Cl3N2O2/c1-11-16(21)4-3-5-17(11)22-18(25)6-7-23(12(2)24)15-9-13(19)8-14(20)10-15/h3-5,8-10H,6-7H2,1-2H3,(H,22,25). The van der Waals surface area contributed by atoms with E-state index in [-0.39, 0.29) is 24.8 Å². The van der Waals surface area contributed by atoms with E-state index in [0.717, 1.165) is 5.56 Å². The molecule has 0 unspecified atom stereocenters. The normalized spacial score (nSPS) is 10.4. The van der Waals surface area contributed by atoms with Crippen molar-refractivity contribution in [2.24, 2.45) is 0 Å². The van der Waals surface area contributed by atoms with Gasteiger partial charge in [0.1, 0.15) is 0 Å². The molecule has 0 radical (unpaired) electrons. The van der Waals surface area contributed by atoms with E-state index in [9.17, 15) is 9.59 Å². The second-order valence-electron chi connectivity index (χ2n) is 5.51. The molecule has 2 amide bonds. The number of anilines is 2. The molecule has 7 heteroatoms. The molecule has 1 N–H and O–H groups in total. The number of benzene rings is 2. The van der Waals surface area contributed by atoms with Crippen molar-refractivity contribution in [3.8, 4) is 0 Å². The highest BCUT2D eigenvalue weighted by atomic mass is 35.5. The van der Waals surface area contributed by atoms with Crippen LogP contribution in [0.3, 0.4) is 0 Å². The number of carbonyl (C=O) groups excluding carboxylic acids is 2. The number of amides is 2. The molecule has 0 spiro atoms. The first-order valence-corrected chi connectivity index (χ1v) is 8.70. The number of hydrogen-bond donors (Lipinski definition) is 1. The van der Waals surface area contributed by atoms with E-state index >= 15 is 0 Å². The topological polar surface area (TPSA) is 49.4 Å². The molecule has 0 bridgehead atoms. The summed E-state index contributed by atoms with van der Waals surface area (Å²) in [7, 11) is 0. The summed E-state index contributed by atoms with van der Waals surface area (Å²) in [6, 6.07) is 10.1. The summed E-state index contributed by atoms with van der Waals surface area (Å²) in [5, 5.41) is 4.23. The van der Waals surface area contributed by atoms with Crippen LogP contribution in [0, 0.1) is 6.92 Å². The first-order valence-electron chi connectivity index (χ1n) is 7.57. The summed E-state index contributed by atoms with van der Waals surface area (Å²) in [6.07, 6.45) is 0.121. The highest BCUT2D eigenvalue weighted by molar-refractivity contribution is 6.35. The van der Waals surface area contributed by atoms with Crippen LogP contribution in [-0.2, 0) is 9.59 Å². The highest BCUT2D eigenvalue weighted by Gasteiger charge is 2.15. The SMILES string of the molecule is CC(=O)N(CCC(=O)Nc1cccc(Cl)c1C)c1cc(Cl)cc(Cl)c1. The average molecular weight is 400 g/mol. The third-order valence-corrected chi connectivity index (χ3v) is 4.49. The lowest BCUT2D eigenvalue weighted by atomic mass is 10.2. The van der Waals surface area contributed by atoms with E-state index < -0.39 is 0 Å². The Labute approximate surface area is 161 Å². The maximum atomic E-state index is 12.2. The van der Waals surface area contributed by atoms with Crippen LogP contribution in [0.25, 0.3) is 0 Å². The lowest BCUT2D eigenvalue weighted by Crippen LogP contribution is -2.32. The van der Waals surface area contributed by atoms with E-state index in [4.69, 9.17) is 34.8 Å². The molecule has 0 heterocycles. The molecule has 4 nitrogen and oxygen atoms in total. The fourth-order valence-corrected chi connectivity index (χ4v) is 3.02. The summed E-state index contributed by atoms with van der Waals surface area (Å²) in [6.45, 7) is 3.46. The van der Waals surface area contributed by atoms with Crippen molar-refractivity contribution in [2.45, 2.75) is 20.3 Å². The molecule has 0 aliphatic rings. The summed E-state index contributed by atoms with van der Waals surface area (Å²) in [5.41, 5.74) is 2.00. The fraction of sp³-hybridized carbons (Fsp3) is 0.222. The van der Waals surface area contributed by atoms with Gasteiger partial charge in [-0.25, -0.2) is 0 Å². The molecule has 0 aromatic heterocycles. The van der Waals surface area contributed by atoms with E-state index in [1.54, 1.807) is 36.4 Å². The van der Waals surface area contributed by atoms with Crippen molar-refractivity contribution in [3.05, 3.63) is 57.0 Å². The molecular weight excluding hydrogens is 383 g/mol. The number of nitrogens with one attached hydrogen (secondary N) is 1. The fourth-order valence-electron chi connectivity index (χ4n) is 2.33. The smallest absolute Gasteiger partial charge is 0.226 e. The monoisotopic (exact) mass is 398 g/mol. The lowest BCUT2D eigenvalue weighted by Gasteiger charge is -2.21. The minimum atomic E-state index is -0.218. The van der Waals surface area contributed by atoms with Crippen LogP contribution in [0.1, 0.15) is 18.9 Å². The van der Waals surface area contributed by atoms with Gasteiger partial charge in [-0.1, -0.05) is 40.9 Å². The van der Waals surface area contributed by atoms with Gasteiger partial charge in [0.05, 0.1) is 0 Å². The van der Waals surface area contributed by atoms with Crippen LogP contribution in [-0.4, -0.2) is 18.4 Å². The largest absolute Gasteiger partial charge is 0.326 e. The molecule has 132 valence electrons. The zero-order valence-electron chi connectivity index (χ0n) is 13.8. The molecule has 25 heavy (non-hydrogen) atoms. The van der Waals surface area contributed by atoms with Crippen LogP contribution in [0.15, 0.2) is 36.4 Å². The van der Waals surface area contributed by atoms with Gasteiger partial charge >= 0.3 is 0 Å². The van der Waals surface area contributed by atoms with E-state index in [0.29, 0.717) is 26.4 Å². The van der Waals surface area contributed by atoms with E-state index in [1.165, 1.54) is 11.8 Å². The minimum Gasteiger partial charge on any atom is -0.326 e. The number of carbonyl (C=O) groups is 2. The predicted octanol–water partition coefficient (Wildman–Crippen LogP) is 5.34. The molecule has 0 saturated heterocycles. The van der Waals surface area contributed by atoms with Crippen molar-refractivity contribution >= 4 is 58.0 Å². The number of rotatable bonds is 5. The molecule has 2 rings (SSSR count). The molecule has 0 saturated carbocycles. The van der Waals surface area contributed by atoms with Crippen LogP contribution in [0.5, 0.6) is 0 Å². The van der Waals surface area contributed by atoms with Crippen molar-refractivity contribution in [2.75, 3.05) is 16.8 Å². The van der Waals surface area contributed by atoms with Crippen molar-refractivity contribution in [1.82, 2.24) is 0 Å².